The second-order valence-electron chi connectivity index (χ2n) is 6.25. The first kappa shape index (κ1) is 18.2. The first-order valence-corrected chi connectivity index (χ1v) is 9.90. The van der Waals surface area contributed by atoms with Crippen molar-refractivity contribution < 1.29 is 19.0 Å². The third-order valence-electron chi connectivity index (χ3n) is 4.25. The number of carbonyl (C=O) groups excluding carboxylic acids is 1. The number of carbonyl (C=O) groups is 1. The SMILES string of the molecule is O=C(CCCc1nc2ccccc2s1)OCc1cc(Cl)cc2c1OCOC2. The number of esters is 1. The Labute approximate surface area is 165 Å². The molecule has 27 heavy (non-hydrogen) atoms. The number of halogens is 1. The average Bonchev–Trinajstić information content (AvgIpc) is 3.08. The summed E-state index contributed by atoms with van der Waals surface area (Å²) in [6.45, 7) is 0.777. The number of para-hydroxylation sites is 1. The van der Waals surface area contributed by atoms with Gasteiger partial charge in [0.2, 0.25) is 0 Å². The van der Waals surface area contributed by atoms with E-state index in [0.29, 0.717) is 30.2 Å². The number of fused-ring (bicyclic) bond motifs is 2. The van der Waals surface area contributed by atoms with Gasteiger partial charge in [0.15, 0.2) is 6.79 Å². The van der Waals surface area contributed by atoms with Crippen LogP contribution in [0.25, 0.3) is 10.2 Å². The lowest BCUT2D eigenvalue weighted by Crippen LogP contribution is -2.14. The van der Waals surface area contributed by atoms with E-state index in [-0.39, 0.29) is 19.4 Å². The normalized spacial score (nSPS) is 13.2. The lowest BCUT2D eigenvalue weighted by atomic mass is 10.1. The second kappa shape index (κ2) is 8.25. The van der Waals surface area contributed by atoms with Gasteiger partial charge in [-0.2, -0.15) is 0 Å². The fourth-order valence-corrected chi connectivity index (χ4v) is 4.28. The van der Waals surface area contributed by atoms with Gasteiger partial charge in [-0.1, -0.05) is 23.7 Å². The molecule has 1 aliphatic heterocycles. The van der Waals surface area contributed by atoms with E-state index in [2.05, 4.69) is 11.1 Å². The zero-order chi connectivity index (χ0) is 18.6. The highest BCUT2D eigenvalue weighted by molar-refractivity contribution is 7.18. The lowest BCUT2D eigenvalue weighted by Gasteiger charge is -2.21. The number of thiazole rings is 1. The molecule has 0 spiro atoms. The Hall–Kier alpha value is -2.15. The number of nitrogens with zero attached hydrogens (tertiary/aromatic N) is 1. The Bertz CT molecular complexity index is 939. The van der Waals surface area contributed by atoms with Gasteiger partial charge in [0.25, 0.3) is 0 Å². The molecule has 0 aliphatic carbocycles. The fourth-order valence-electron chi connectivity index (χ4n) is 3.01. The summed E-state index contributed by atoms with van der Waals surface area (Å²) in [5, 5.41) is 1.62. The van der Waals surface area contributed by atoms with Crippen molar-refractivity contribution in [3.8, 4) is 5.75 Å². The number of hydrogen-bond donors (Lipinski definition) is 0. The van der Waals surface area contributed by atoms with Crippen LogP contribution in [0.4, 0.5) is 0 Å². The Kier molecular flexibility index (Phi) is 5.57. The maximum Gasteiger partial charge on any atom is 0.306 e. The Balaban J connectivity index is 1.29. The molecule has 5 nitrogen and oxygen atoms in total. The molecule has 3 aromatic rings. The van der Waals surface area contributed by atoms with E-state index >= 15 is 0 Å². The van der Waals surface area contributed by atoms with Crippen LogP contribution in [-0.4, -0.2) is 17.7 Å². The summed E-state index contributed by atoms with van der Waals surface area (Å²) >= 11 is 7.79. The van der Waals surface area contributed by atoms with Crippen LogP contribution in [0.15, 0.2) is 36.4 Å². The first-order valence-electron chi connectivity index (χ1n) is 8.71. The van der Waals surface area contributed by atoms with Crippen molar-refractivity contribution in [2.24, 2.45) is 0 Å². The van der Waals surface area contributed by atoms with Crippen molar-refractivity contribution in [2.45, 2.75) is 32.5 Å². The summed E-state index contributed by atoms with van der Waals surface area (Å²) in [7, 11) is 0. The van der Waals surface area contributed by atoms with E-state index in [1.807, 2.05) is 18.2 Å². The van der Waals surface area contributed by atoms with Gasteiger partial charge in [0.1, 0.15) is 12.4 Å². The van der Waals surface area contributed by atoms with Crippen molar-refractivity contribution in [1.29, 1.82) is 0 Å². The zero-order valence-electron chi connectivity index (χ0n) is 14.6. The Morgan fingerprint density at radius 1 is 1.30 bits per heavy atom. The third-order valence-corrected chi connectivity index (χ3v) is 5.56. The van der Waals surface area contributed by atoms with E-state index in [1.54, 1.807) is 23.5 Å². The van der Waals surface area contributed by atoms with Gasteiger partial charge in [0.05, 0.1) is 21.8 Å². The van der Waals surface area contributed by atoms with Crippen LogP contribution in [0, 0.1) is 0 Å². The van der Waals surface area contributed by atoms with E-state index in [0.717, 1.165) is 28.1 Å². The zero-order valence-corrected chi connectivity index (χ0v) is 16.1. The van der Waals surface area contributed by atoms with E-state index in [9.17, 15) is 4.79 Å². The van der Waals surface area contributed by atoms with Crippen LogP contribution in [-0.2, 0) is 33.9 Å². The molecular formula is C20H18ClNO4S. The largest absolute Gasteiger partial charge is 0.467 e. The summed E-state index contributed by atoms with van der Waals surface area (Å²) < 4.78 is 17.4. The monoisotopic (exact) mass is 403 g/mol. The molecule has 0 radical (unpaired) electrons. The van der Waals surface area contributed by atoms with Crippen LogP contribution in [0.3, 0.4) is 0 Å². The first-order chi connectivity index (χ1) is 13.2. The molecule has 1 aromatic heterocycles. The van der Waals surface area contributed by atoms with Gasteiger partial charge in [-0.15, -0.1) is 11.3 Å². The summed E-state index contributed by atoms with van der Waals surface area (Å²) in [5.74, 6) is 0.463. The highest BCUT2D eigenvalue weighted by atomic mass is 35.5. The minimum Gasteiger partial charge on any atom is -0.467 e. The molecule has 1 aliphatic rings. The van der Waals surface area contributed by atoms with Gasteiger partial charge in [0, 0.05) is 22.6 Å². The Morgan fingerprint density at radius 3 is 3.07 bits per heavy atom. The molecule has 0 fully saturated rings. The van der Waals surface area contributed by atoms with Crippen LogP contribution in [0.1, 0.15) is 29.0 Å². The molecule has 0 N–H and O–H groups in total. The molecule has 7 heteroatoms. The Morgan fingerprint density at radius 2 is 2.19 bits per heavy atom. The number of aromatic nitrogens is 1. The topological polar surface area (TPSA) is 57.7 Å². The summed E-state index contributed by atoms with van der Waals surface area (Å²) in [5.41, 5.74) is 2.64. The molecule has 4 rings (SSSR count). The minimum absolute atomic E-state index is 0.142. The molecule has 0 saturated carbocycles. The van der Waals surface area contributed by atoms with Gasteiger partial charge in [-0.25, -0.2) is 4.98 Å². The van der Waals surface area contributed by atoms with E-state index < -0.39 is 0 Å². The smallest absolute Gasteiger partial charge is 0.306 e. The molecule has 140 valence electrons. The van der Waals surface area contributed by atoms with Crippen LogP contribution >= 0.6 is 22.9 Å². The van der Waals surface area contributed by atoms with Gasteiger partial charge < -0.3 is 14.2 Å². The molecule has 0 saturated heterocycles. The maximum atomic E-state index is 12.1. The lowest BCUT2D eigenvalue weighted by molar-refractivity contribution is -0.145. The quantitative estimate of drug-likeness (QED) is 0.549. The average molecular weight is 404 g/mol. The van der Waals surface area contributed by atoms with Crippen molar-refractivity contribution in [1.82, 2.24) is 4.98 Å². The summed E-state index contributed by atoms with van der Waals surface area (Å²) in [4.78, 5) is 16.7. The van der Waals surface area contributed by atoms with Crippen LogP contribution in [0.5, 0.6) is 5.75 Å². The van der Waals surface area contributed by atoms with Crippen molar-refractivity contribution >= 4 is 39.1 Å². The highest BCUT2D eigenvalue weighted by Crippen LogP contribution is 2.32. The molecule has 0 bridgehead atoms. The maximum absolute atomic E-state index is 12.1. The van der Waals surface area contributed by atoms with E-state index in [4.69, 9.17) is 25.8 Å². The predicted molar refractivity (Wildman–Crippen MR) is 104 cm³/mol. The highest BCUT2D eigenvalue weighted by Gasteiger charge is 2.17. The van der Waals surface area contributed by atoms with Crippen LogP contribution < -0.4 is 4.74 Å². The minimum atomic E-state index is -0.239. The third kappa shape index (κ3) is 4.40. The number of rotatable bonds is 6. The summed E-state index contributed by atoms with van der Waals surface area (Å²) in [6, 6.07) is 11.6. The number of hydrogen-bond acceptors (Lipinski definition) is 6. The van der Waals surface area contributed by atoms with Crippen molar-refractivity contribution in [3.63, 3.8) is 0 Å². The standard InChI is InChI=1S/C20H18ClNO4S/c21-15-8-13-10-24-12-26-20(13)14(9-15)11-25-19(23)7-3-6-18-22-16-4-1-2-5-17(16)27-18/h1-2,4-5,8-9H,3,6-7,10-12H2. The van der Waals surface area contributed by atoms with Gasteiger partial charge in [-0.3, -0.25) is 4.79 Å². The molecule has 0 atom stereocenters. The van der Waals surface area contributed by atoms with E-state index in [1.165, 1.54) is 4.70 Å². The molecular weight excluding hydrogens is 386 g/mol. The molecule has 2 aromatic carbocycles. The molecule has 0 unspecified atom stereocenters. The number of aryl methyl sites for hydroxylation is 1. The number of benzene rings is 2. The van der Waals surface area contributed by atoms with Crippen molar-refractivity contribution in [2.75, 3.05) is 6.79 Å². The fraction of sp³-hybridized carbons (Fsp3) is 0.300. The molecule has 0 amide bonds. The predicted octanol–water partition coefficient (Wildman–Crippen LogP) is 4.88. The van der Waals surface area contributed by atoms with Gasteiger partial charge in [-0.05, 0) is 37.1 Å². The second-order valence-corrected chi connectivity index (χ2v) is 7.81. The van der Waals surface area contributed by atoms with Gasteiger partial charge >= 0.3 is 5.97 Å². The summed E-state index contributed by atoms with van der Waals surface area (Å²) in [6.07, 6.45) is 1.82. The van der Waals surface area contributed by atoms with Crippen LogP contribution in [0.2, 0.25) is 5.02 Å². The number of ether oxygens (including phenoxy) is 3. The van der Waals surface area contributed by atoms with Crippen molar-refractivity contribution in [3.05, 3.63) is 57.6 Å². The molecule has 2 heterocycles.